The summed E-state index contributed by atoms with van der Waals surface area (Å²) in [6, 6.07) is 0. The molecule has 0 unspecified atom stereocenters. The van der Waals surface area contributed by atoms with Gasteiger partial charge in [-0.15, -0.1) is 0 Å². The van der Waals surface area contributed by atoms with Crippen LogP contribution < -0.4 is 0 Å². The summed E-state index contributed by atoms with van der Waals surface area (Å²) in [4.78, 5) is 9.71. The first-order chi connectivity index (χ1) is 7.84. The fraction of sp³-hybridized carbons (Fsp3) is 0.200. The fourth-order valence-electron chi connectivity index (χ4n) is 0.938. The summed E-state index contributed by atoms with van der Waals surface area (Å²) < 4.78 is 37.4. The molecule has 0 aliphatic rings. The summed E-state index contributed by atoms with van der Waals surface area (Å²) in [6.45, 7) is 5.07. The van der Waals surface area contributed by atoms with Gasteiger partial charge in [0.25, 0.3) is 0 Å². The minimum Gasteiger partial charge on any atom is -0.335 e. The van der Waals surface area contributed by atoms with Gasteiger partial charge in [-0.3, -0.25) is 0 Å². The zero-order chi connectivity index (χ0) is 13.1. The van der Waals surface area contributed by atoms with Gasteiger partial charge in [-0.2, -0.15) is 13.2 Å². The first-order valence-corrected chi connectivity index (χ1v) is 5.29. The van der Waals surface area contributed by atoms with Crippen molar-refractivity contribution < 1.29 is 13.2 Å². The van der Waals surface area contributed by atoms with E-state index in [1.54, 1.807) is 6.92 Å². The topological polar surface area (TPSA) is 41.0 Å². The van der Waals surface area contributed by atoms with E-state index in [2.05, 4.69) is 37.5 Å². The second-order valence-corrected chi connectivity index (χ2v) is 3.92. The van der Waals surface area contributed by atoms with Crippen LogP contribution in [0.25, 0.3) is 5.57 Å². The average molecular weight is 308 g/mol. The predicted octanol–water partition coefficient (Wildman–Crippen LogP) is 3.77. The molecule has 1 aromatic rings. The molecule has 0 spiro atoms. The molecule has 1 aromatic heterocycles. The number of hydrogen-bond donors (Lipinski definition) is 1. The van der Waals surface area contributed by atoms with E-state index in [0.29, 0.717) is 10.2 Å². The Balaban J connectivity index is 2.95. The zero-order valence-electron chi connectivity index (χ0n) is 8.85. The van der Waals surface area contributed by atoms with Gasteiger partial charge in [-0.05, 0) is 28.9 Å². The second kappa shape index (κ2) is 5.31. The smallest absolute Gasteiger partial charge is 0.335 e. The molecule has 1 rings (SSSR count). The van der Waals surface area contributed by atoms with E-state index >= 15 is 0 Å². The summed E-state index contributed by atoms with van der Waals surface area (Å²) >= 11 is 3.09. The van der Waals surface area contributed by atoms with Gasteiger partial charge in [0.1, 0.15) is 16.1 Å². The lowest BCUT2D eigenvalue weighted by molar-refractivity contribution is -0.140. The lowest BCUT2D eigenvalue weighted by Gasteiger charge is -2.01. The van der Waals surface area contributed by atoms with Gasteiger partial charge < -0.3 is 4.98 Å². The van der Waals surface area contributed by atoms with Crippen LogP contribution in [0.5, 0.6) is 0 Å². The molecule has 3 nitrogen and oxygen atoms in total. The largest absolute Gasteiger partial charge is 0.432 e. The molecule has 17 heavy (non-hydrogen) atoms. The highest BCUT2D eigenvalue weighted by molar-refractivity contribution is 9.18. The highest BCUT2D eigenvalue weighted by atomic mass is 79.9. The Kier molecular flexibility index (Phi) is 4.28. The lowest BCUT2D eigenvalue weighted by atomic mass is 10.3. The van der Waals surface area contributed by atoms with E-state index in [0.717, 1.165) is 6.20 Å². The standard InChI is InChI=1S/C10H9BrF3N3/c1-3-8(11)15-4-6(2)9-16-5-7(17-9)10(12,13)14/h3-5H,1H2,2H3,(H,16,17)/b6-4+,15-8?. The quantitative estimate of drug-likeness (QED) is 0.849. The summed E-state index contributed by atoms with van der Waals surface area (Å²) in [5, 5.41) is 0. The Morgan fingerprint density at radius 1 is 1.59 bits per heavy atom. The van der Waals surface area contributed by atoms with Gasteiger partial charge in [0.15, 0.2) is 0 Å². The van der Waals surface area contributed by atoms with Gasteiger partial charge >= 0.3 is 6.18 Å². The zero-order valence-corrected chi connectivity index (χ0v) is 10.4. The van der Waals surface area contributed by atoms with Gasteiger partial charge in [0.05, 0.1) is 6.20 Å². The third-order valence-corrected chi connectivity index (χ3v) is 2.33. The van der Waals surface area contributed by atoms with Crippen LogP contribution >= 0.6 is 15.9 Å². The maximum atomic E-state index is 12.3. The van der Waals surface area contributed by atoms with Gasteiger partial charge in [-0.25, -0.2) is 9.98 Å². The van der Waals surface area contributed by atoms with E-state index in [1.807, 2.05) is 0 Å². The van der Waals surface area contributed by atoms with Crippen molar-refractivity contribution >= 4 is 26.1 Å². The number of aromatic nitrogens is 2. The number of imidazole rings is 1. The van der Waals surface area contributed by atoms with Gasteiger partial charge in [-0.1, -0.05) is 6.58 Å². The SMILES string of the molecule is C=CC(Br)=N/C=C(\C)c1ncc(C(F)(F)F)[nH]1. The van der Waals surface area contributed by atoms with Crippen molar-refractivity contribution in [2.75, 3.05) is 0 Å². The van der Waals surface area contributed by atoms with Crippen molar-refractivity contribution in [2.24, 2.45) is 4.99 Å². The van der Waals surface area contributed by atoms with Crippen molar-refractivity contribution in [3.8, 4) is 0 Å². The molecule has 0 fully saturated rings. The Labute approximate surface area is 104 Å². The van der Waals surface area contributed by atoms with Crippen LogP contribution in [0.1, 0.15) is 18.4 Å². The minimum absolute atomic E-state index is 0.130. The molecule has 1 N–H and O–H groups in total. The maximum absolute atomic E-state index is 12.3. The third kappa shape index (κ3) is 3.85. The number of allylic oxidation sites excluding steroid dienone is 2. The van der Waals surface area contributed by atoms with Crippen LogP contribution in [0.3, 0.4) is 0 Å². The lowest BCUT2D eigenvalue weighted by Crippen LogP contribution is -2.05. The molecule has 0 saturated carbocycles. The van der Waals surface area contributed by atoms with Crippen LogP contribution in [0, 0.1) is 0 Å². The number of hydrogen-bond acceptors (Lipinski definition) is 2. The average Bonchev–Trinajstić information content (AvgIpc) is 2.74. The summed E-state index contributed by atoms with van der Waals surface area (Å²) in [6.07, 6.45) is -0.812. The molecule has 0 atom stereocenters. The highest BCUT2D eigenvalue weighted by Crippen LogP contribution is 2.28. The molecular formula is C10H9BrF3N3. The van der Waals surface area contributed by atoms with Gasteiger partial charge in [0, 0.05) is 11.8 Å². The van der Waals surface area contributed by atoms with E-state index in [-0.39, 0.29) is 5.82 Å². The molecule has 92 valence electrons. The number of aliphatic imine (C=N–C) groups is 1. The molecule has 0 saturated heterocycles. The van der Waals surface area contributed by atoms with Crippen LogP contribution in [0.4, 0.5) is 13.2 Å². The van der Waals surface area contributed by atoms with Crippen molar-refractivity contribution in [1.29, 1.82) is 0 Å². The van der Waals surface area contributed by atoms with Crippen LogP contribution in [0.15, 0.2) is 30.0 Å². The molecule has 0 aliphatic heterocycles. The molecule has 7 heteroatoms. The number of alkyl halides is 3. The van der Waals surface area contributed by atoms with Crippen LogP contribution in [-0.2, 0) is 6.18 Å². The first kappa shape index (κ1) is 13.7. The maximum Gasteiger partial charge on any atom is 0.432 e. The van der Waals surface area contributed by atoms with Crippen LogP contribution in [-0.4, -0.2) is 14.6 Å². The predicted molar refractivity (Wildman–Crippen MR) is 63.8 cm³/mol. The Hall–Kier alpha value is -1.37. The van der Waals surface area contributed by atoms with Crippen molar-refractivity contribution in [3.05, 3.63) is 36.6 Å². The molecular weight excluding hydrogens is 299 g/mol. The molecule has 0 aromatic carbocycles. The van der Waals surface area contributed by atoms with E-state index in [4.69, 9.17) is 0 Å². The number of nitrogens with zero attached hydrogens (tertiary/aromatic N) is 2. The van der Waals surface area contributed by atoms with E-state index in [1.165, 1.54) is 12.3 Å². The Bertz CT molecular complexity index is 471. The van der Waals surface area contributed by atoms with Crippen molar-refractivity contribution in [3.63, 3.8) is 0 Å². The Morgan fingerprint density at radius 2 is 2.24 bits per heavy atom. The normalized spacial score (nSPS) is 13.9. The summed E-state index contributed by atoms with van der Waals surface area (Å²) in [5.74, 6) is 0.130. The number of nitrogens with one attached hydrogen (secondary N) is 1. The van der Waals surface area contributed by atoms with Crippen molar-refractivity contribution in [1.82, 2.24) is 9.97 Å². The van der Waals surface area contributed by atoms with Gasteiger partial charge in [0.2, 0.25) is 0 Å². The third-order valence-electron chi connectivity index (χ3n) is 1.80. The second-order valence-electron chi connectivity index (χ2n) is 3.11. The molecule has 1 heterocycles. The Morgan fingerprint density at radius 3 is 2.71 bits per heavy atom. The van der Waals surface area contributed by atoms with Crippen LogP contribution in [0.2, 0.25) is 0 Å². The van der Waals surface area contributed by atoms with E-state index < -0.39 is 11.9 Å². The fourth-order valence-corrected chi connectivity index (χ4v) is 1.04. The molecule has 0 bridgehead atoms. The number of halogens is 4. The number of rotatable bonds is 3. The summed E-state index contributed by atoms with van der Waals surface area (Å²) in [7, 11) is 0. The number of H-pyrrole nitrogens is 1. The number of aromatic amines is 1. The summed E-state index contributed by atoms with van der Waals surface area (Å²) in [5.41, 5.74) is -0.397. The molecule has 0 aliphatic carbocycles. The molecule has 0 radical (unpaired) electrons. The molecule has 0 amide bonds. The van der Waals surface area contributed by atoms with E-state index in [9.17, 15) is 13.2 Å². The van der Waals surface area contributed by atoms with Crippen molar-refractivity contribution in [2.45, 2.75) is 13.1 Å². The highest BCUT2D eigenvalue weighted by Gasteiger charge is 2.32. The first-order valence-electron chi connectivity index (χ1n) is 4.49. The minimum atomic E-state index is -4.42. The monoisotopic (exact) mass is 307 g/mol.